The van der Waals surface area contributed by atoms with Crippen molar-refractivity contribution in [2.75, 3.05) is 26.2 Å². The Morgan fingerprint density at radius 3 is 2.50 bits per heavy atom. The molecule has 0 aliphatic carbocycles. The number of aromatic hydroxyl groups is 1. The number of phenols is 1. The number of benzene rings is 1. The van der Waals surface area contributed by atoms with Gasteiger partial charge in [-0.05, 0) is 37.6 Å². The van der Waals surface area contributed by atoms with Crippen molar-refractivity contribution < 1.29 is 19.4 Å². The number of amides is 2. The Bertz CT molecular complexity index is 624. The highest BCUT2D eigenvalue weighted by Gasteiger charge is 2.26. The van der Waals surface area contributed by atoms with Gasteiger partial charge in [0.15, 0.2) is 6.10 Å². The molecule has 1 aliphatic rings. The maximum absolute atomic E-state index is 12.5. The summed E-state index contributed by atoms with van der Waals surface area (Å²) < 4.78 is 5.61. The van der Waals surface area contributed by atoms with Crippen molar-refractivity contribution in [1.82, 2.24) is 9.80 Å². The molecule has 24 heavy (non-hydrogen) atoms. The van der Waals surface area contributed by atoms with Crippen LogP contribution in [0, 0.1) is 11.3 Å². The second-order valence-electron chi connectivity index (χ2n) is 5.65. The van der Waals surface area contributed by atoms with Gasteiger partial charge in [-0.15, -0.1) is 0 Å². The average molecular weight is 331 g/mol. The van der Waals surface area contributed by atoms with E-state index in [-0.39, 0.29) is 24.0 Å². The summed E-state index contributed by atoms with van der Waals surface area (Å²) in [6, 6.07) is 8.06. The molecule has 7 nitrogen and oxygen atoms in total. The zero-order valence-corrected chi connectivity index (χ0v) is 13.6. The third kappa shape index (κ3) is 4.62. The Labute approximate surface area is 141 Å². The molecule has 2 amide bonds. The predicted molar refractivity (Wildman–Crippen MR) is 86.2 cm³/mol. The minimum absolute atomic E-state index is 0.131. The molecule has 7 heteroatoms. The van der Waals surface area contributed by atoms with Gasteiger partial charge in [-0.1, -0.05) is 0 Å². The average Bonchev–Trinajstić information content (AvgIpc) is 2.82. The van der Waals surface area contributed by atoms with Gasteiger partial charge in [0.1, 0.15) is 17.9 Å². The fraction of sp³-hybridized carbons (Fsp3) is 0.471. The highest BCUT2D eigenvalue weighted by molar-refractivity contribution is 5.81. The van der Waals surface area contributed by atoms with Gasteiger partial charge in [0, 0.05) is 26.2 Å². The number of nitrogens with zero attached hydrogens (tertiary/aromatic N) is 3. The highest BCUT2D eigenvalue weighted by atomic mass is 16.5. The Morgan fingerprint density at radius 2 is 1.83 bits per heavy atom. The zero-order chi connectivity index (χ0) is 17.5. The smallest absolute Gasteiger partial charge is 0.263 e. The summed E-state index contributed by atoms with van der Waals surface area (Å²) in [5.41, 5.74) is 0. The minimum atomic E-state index is -0.657. The second kappa shape index (κ2) is 8.20. The first kappa shape index (κ1) is 17.6. The molecule has 1 N–H and O–H groups in total. The summed E-state index contributed by atoms with van der Waals surface area (Å²) in [5.74, 6) is 0.308. The third-order valence-electron chi connectivity index (χ3n) is 3.89. The number of ether oxygens (including phenoxy) is 1. The molecule has 0 spiro atoms. The SMILES string of the molecule is CC(Oc1ccc(O)cc1)C(=O)N1CCCN(C(=O)CC#N)CC1. The summed E-state index contributed by atoms with van der Waals surface area (Å²) >= 11 is 0. The van der Waals surface area contributed by atoms with E-state index in [0.29, 0.717) is 38.3 Å². The minimum Gasteiger partial charge on any atom is -0.508 e. The van der Waals surface area contributed by atoms with E-state index in [0.717, 1.165) is 0 Å². The summed E-state index contributed by atoms with van der Waals surface area (Å²) in [4.78, 5) is 27.6. The largest absolute Gasteiger partial charge is 0.508 e. The lowest BCUT2D eigenvalue weighted by molar-refractivity contribution is -0.138. The number of phenolic OH excluding ortho intramolecular Hbond substituents is 1. The quantitative estimate of drug-likeness (QED) is 0.893. The fourth-order valence-electron chi connectivity index (χ4n) is 2.60. The molecule has 1 unspecified atom stereocenters. The van der Waals surface area contributed by atoms with E-state index in [1.165, 1.54) is 12.1 Å². The number of rotatable bonds is 4. The summed E-state index contributed by atoms with van der Waals surface area (Å²) in [6.45, 7) is 3.64. The molecule has 1 heterocycles. The Hall–Kier alpha value is -2.75. The van der Waals surface area contributed by atoms with Gasteiger partial charge in [-0.25, -0.2) is 0 Å². The molecule has 1 atom stereocenters. The first-order valence-electron chi connectivity index (χ1n) is 7.90. The van der Waals surface area contributed by atoms with Crippen LogP contribution in [0.15, 0.2) is 24.3 Å². The molecular weight excluding hydrogens is 310 g/mol. The van der Waals surface area contributed by atoms with Crippen LogP contribution in [0.25, 0.3) is 0 Å². The monoisotopic (exact) mass is 331 g/mol. The molecule has 0 saturated carbocycles. The van der Waals surface area contributed by atoms with Crippen molar-refractivity contribution in [2.45, 2.75) is 25.9 Å². The molecule has 0 radical (unpaired) electrons. The van der Waals surface area contributed by atoms with E-state index in [4.69, 9.17) is 10.00 Å². The number of hydrogen-bond donors (Lipinski definition) is 1. The van der Waals surface area contributed by atoms with Crippen LogP contribution >= 0.6 is 0 Å². The maximum atomic E-state index is 12.5. The van der Waals surface area contributed by atoms with Crippen molar-refractivity contribution in [1.29, 1.82) is 5.26 Å². The number of carbonyl (C=O) groups is 2. The topological polar surface area (TPSA) is 93.9 Å². The van der Waals surface area contributed by atoms with Crippen molar-refractivity contribution in [3.63, 3.8) is 0 Å². The van der Waals surface area contributed by atoms with E-state index >= 15 is 0 Å². The summed E-state index contributed by atoms with van der Waals surface area (Å²) in [5, 5.41) is 17.9. The summed E-state index contributed by atoms with van der Waals surface area (Å²) in [6.07, 6.45) is -0.112. The molecule has 0 bridgehead atoms. The van der Waals surface area contributed by atoms with Gasteiger partial charge in [0.05, 0.1) is 6.07 Å². The zero-order valence-electron chi connectivity index (χ0n) is 13.6. The molecule has 0 aromatic heterocycles. The molecule has 1 aromatic carbocycles. The first-order chi connectivity index (χ1) is 11.5. The van der Waals surface area contributed by atoms with Crippen LogP contribution in [0.4, 0.5) is 0 Å². The number of nitriles is 1. The van der Waals surface area contributed by atoms with Crippen LogP contribution in [-0.4, -0.2) is 59.0 Å². The van der Waals surface area contributed by atoms with Gasteiger partial charge in [0.2, 0.25) is 5.91 Å². The van der Waals surface area contributed by atoms with Crippen molar-refractivity contribution in [2.24, 2.45) is 0 Å². The lowest BCUT2D eigenvalue weighted by atomic mass is 10.3. The van der Waals surface area contributed by atoms with Crippen molar-refractivity contribution in [3.05, 3.63) is 24.3 Å². The van der Waals surface area contributed by atoms with Crippen molar-refractivity contribution in [3.8, 4) is 17.6 Å². The highest BCUT2D eigenvalue weighted by Crippen LogP contribution is 2.18. The van der Waals surface area contributed by atoms with E-state index < -0.39 is 6.10 Å². The fourth-order valence-corrected chi connectivity index (χ4v) is 2.60. The van der Waals surface area contributed by atoms with Gasteiger partial charge in [0.25, 0.3) is 5.91 Å². The van der Waals surface area contributed by atoms with E-state index in [9.17, 15) is 14.7 Å². The third-order valence-corrected chi connectivity index (χ3v) is 3.89. The molecule has 1 fully saturated rings. The lowest BCUT2D eigenvalue weighted by Gasteiger charge is -2.25. The van der Waals surface area contributed by atoms with Crippen LogP contribution in [0.2, 0.25) is 0 Å². The van der Waals surface area contributed by atoms with Crippen LogP contribution in [0.3, 0.4) is 0 Å². The lowest BCUT2D eigenvalue weighted by Crippen LogP contribution is -2.43. The standard InChI is InChI=1S/C17H21N3O4/c1-13(24-15-5-3-14(21)4-6-15)17(23)20-10-2-9-19(11-12-20)16(22)7-8-18/h3-6,13,21H,2,7,9-12H2,1H3. The van der Waals surface area contributed by atoms with E-state index in [1.54, 1.807) is 28.9 Å². The van der Waals surface area contributed by atoms with Gasteiger partial charge in [-0.3, -0.25) is 9.59 Å². The Morgan fingerprint density at radius 1 is 1.21 bits per heavy atom. The van der Waals surface area contributed by atoms with E-state index in [1.807, 2.05) is 6.07 Å². The Kier molecular flexibility index (Phi) is 6.01. The predicted octanol–water partition coefficient (Wildman–Crippen LogP) is 1.13. The van der Waals surface area contributed by atoms with Crippen LogP contribution in [0.1, 0.15) is 19.8 Å². The van der Waals surface area contributed by atoms with Gasteiger partial charge >= 0.3 is 0 Å². The van der Waals surface area contributed by atoms with Crippen LogP contribution in [-0.2, 0) is 9.59 Å². The second-order valence-corrected chi connectivity index (χ2v) is 5.65. The molecule has 1 aliphatic heterocycles. The molecule has 1 saturated heterocycles. The summed E-state index contributed by atoms with van der Waals surface area (Å²) in [7, 11) is 0. The molecule has 2 rings (SSSR count). The normalized spacial score (nSPS) is 16.0. The molecule has 1 aromatic rings. The van der Waals surface area contributed by atoms with Gasteiger partial charge < -0.3 is 19.6 Å². The number of carbonyl (C=O) groups excluding carboxylic acids is 2. The van der Waals surface area contributed by atoms with Gasteiger partial charge in [-0.2, -0.15) is 5.26 Å². The van der Waals surface area contributed by atoms with Crippen molar-refractivity contribution >= 4 is 11.8 Å². The Balaban J connectivity index is 1.91. The number of hydrogen-bond acceptors (Lipinski definition) is 5. The van der Waals surface area contributed by atoms with E-state index in [2.05, 4.69) is 0 Å². The molecule has 128 valence electrons. The van der Waals surface area contributed by atoms with Crippen LogP contribution < -0.4 is 4.74 Å². The first-order valence-corrected chi connectivity index (χ1v) is 7.90. The molecular formula is C17H21N3O4. The maximum Gasteiger partial charge on any atom is 0.263 e. The van der Waals surface area contributed by atoms with Crippen LogP contribution in [0.5, 0.6) is 11.5 Å².